The molecule has 2 aromatic rings. The molecule has 7 N–H and O–H groups in total. The summed E-state index contributed by atoms with van der Waals surface area (Å²) in [7, 11) is 0. The molecule has 16 heteroatoms. The third-order valence-corrected chi connectivity index (χ3v) is 7.29. The number of fused-ring (bicyclic) bond motifs is 1. The number of thiazole rings is 1. The summed E-state index contributed by atoms with van der Waals surface area (Å²) in [6, 6.07) is 1.64. The first-order valence-electron chi connectivity index (χ1n) is 9.86. The molecule has 0 unspecified atom stereocenters. The Kier molecular flexibility index (Phi) is 6.90. The number of pyridine rings is 1. The quantitative estimate of drug-likeness (QED) is 0.0798. The first kappa shape index (κ1) is 24.4. The number of nitrogens with two attached hydrogens (primary N) is 2. The van der Waals surface area contributed by atoms with E-state index in [4.69, 9.17) is 23.1 Å². The topological polar surface area (TPSA) is 197 Å². The van der Waals surface area contributed by atoms with Gasteiger partial charge in [-0.15, -0.1) is 23.1 Å². The van der Waals surface area contributed by atoms with Crippen molar-refractivity contribution >= 4 is 74.3 Å². The number of anilines is 2. The van der Waals surface area contributed by atoms with Gasteiger partial charge < -0.3 is 27.3 Å². The number of halogens is 1. The smallest absolute Gasteiger partial charge is 0.316 e. The van der Waals surface area contributed by atoms with Crippen LogP contribution in [0.15, 0.2) is 46.3 Å². The van der Waals surface area contributed by atoms with Gasteiger partial charge in [0.1, 0.15) is 28.5 Å². The number of urea groups is 1. The molecular formula is C19H18ClN8O5S2+. The van der Waals surface area contributed by atoms with E-state index >= 15 is 0 Å². The largest absolute Gasteiger partial charge is 0.410 e. The molecule has 1 fully saturated rings. The van der Waals surface area contributed by atoms with E-state index in [9.17, 15) is 24.4 Å². The van der Waals surface area contributed by atoms with Crippen LogP contribution in [0, 0.1) is 0 Å². The molecular weight excluding hydrogens is 520 g/mol. The number of nitrogens with one attached hydrogen (secondary N) is 2. The highest BCUT2D eigenvalue weighted by atomic mass is 35.5. The number of hydrogen-bond acceptors (Lipinski definition) is 10. The monoisotopic (exact) mass is 537 g/mol. The van der Waals surface area contributed by atoms with Gasteiger partial charge in [0.15, 0.2) is 29.8 Å². The van der Waals surface area contributed by atoms with E-state index in [1.54, 1.807) is 29.1 Å². The Balaban J connectivity index is 1.52. The third kappa shape index (κ3) is 4.91. The number of hydrogen-bond donors (Lipinski definition) is 5. The Bertz CT molecular complexity index is 1300. The fourth-order valence-electron chi connectivity index (χ4n) is 3.66. The zero-order valence-electron chi connectivity index (χ0n) is 17.7. The maximum atomic E-state index is 12.9. The molecule has 0 spiro atoms. The molecule has 182 valence electrons. The fourth-order valence-corrected chi connectivity index (χ4v) is 5.77. The van der Waals surface area contributed by atoms with Crippen LogP contribution < -0.4 is 26.7 Å². The van der Waals surface area contributed by atoms with E-state index in [1.165, 1.54) is 22.0 Å². The van der Waals surface area contributed by atoms with E-state index in [1.807, 2.05) is 0 Å². The van der Waals surface area contributed by atoms with E-state index < -0.39 is 40.2 Å². The molecule has 0 aliphatic carbocycles. The number of allylic oxidation sites excluding steroid dienone is 1. The average molecular weight is 538 g/mol. The van der Waals surface area contributed by atoms with Gasteiger partial charge >= 0.3 is 6.03 Å². The molecule has 4 heterocycles. The summed E-state index contributed by atoms with van der Waals surface area (Å²) in [6.07, 6.45) is 3.33. The number of rotatable bonds is 7. The number of nitrogen functional groups attached to an aromatic ring is 1. The highest BCUT2D eigenvalue weighted by Crippen LogP contribution is 2.41. The second-order valence-corrected chi connectivity index (χ2v) is 9.70. The summed E-state index contributed by atoms with van der Waals surface area (Å²) in [6.45, 7) is 0.217. The lowest BCUT2D eigenvalue weighted by Gasteiger charge is -2.49. The molecule has 2 atom stereocenters. The molecule has 35 heavy (non-hydrogen) atoms. The number of primary amides is 1. The first-order chi connectivity index (χ1) is 16.7. The third-order valence-electron chi connectivity index (χ3n) is 5.10. The molecule has 4 amide bonds. The Morgan fingerprint density at radius 1 is 1.40 bits per heavy atom. The van der Waals surface area contributed by atoms with Crippen LogP contribution in [-0.4, -0.2) is 61.1 Å². The Labute approximate surface area is 210 Å². The van der Waals surface area contributed by atoms with Crippen LogP contribution in [0.5, 0.6) is 0 Å². The molecule has 13 nitrogen and oxygen atoms in total. The number of carbonyl (C=O) groups excluding carboxylic acids is 4. The van der Waals surface area contributed by atoms with Crippen molar-refractivity contribution < 1.29 is 29.0 Å². The molecule has 0 radical (unpaired) electrons. The summed E-state index contributed by atoms with van der Waals surface area (Å²) in [5.41, 5.74) is 11.5. The average Bonchev–Trinajstić information content (AvgIpc) is 3.23. The van der Waals surface area contributed by atoms with Crippen molar-refractivity contribution in [2.45, 2.75) is 18.0 Å². The number of thioether (sulfide) groups is 1. The van der Waals surface area contributed by atoms with Crippen molar-refractivity contribution in [3.8, 4) is 0 Å². The number of oxime groups is 1. The molecule has 1 saturated heterocycles. The maximum absolute atomic E-state index is 12.9. The van der Waals surface area contributed by atoms with Gasteiger partial charge in [-0.3, -0.25) is 19.3 Å². The predicted octanol–water partition coefficient (Wildman–Crippen LogP) is -0.199. The molecule has 2 aromatic heterocycles. The van der Waals surface area contributed by atoms with E-state index in [2.05, 4.69) is 20.8 Å². The molecule has 4 rings (SSSR count). The zero-order chi connectivity index (χ0) is 25.3. The zero-order valence-corrected chi connectivity index (χ0v) is 20.1. The SMILES string of the molecule is NC(=O)Nc1ccc[n+](CC2=C(C(=O)Cl)N3C(=O)[C@@H](NC(=O)C(=NO)c4csc(N)n4)[C@@H]3SC2)c1. The Morgan fingerprint density at radius 3 is 2.80 bits per heavy atom. The van der Waals surface area contributed by atoms with Crippen molar-refractivity contribution in [1.29, 1.82) is 0 Å². The normalized spacial score (nSPS) is 19.6. The summed E-state index contributed by atoms with van der Waals surface area (Å²) in [5, 5.41) is 17.5. The van der Waals surface area contributed by atoms with Gasteiger partial charge in [0.2, 0.25) is 0 Å². The predicted molar refractivity (Wildman–Crippen MR) is 128 cm³/mol. The van der Waals surface area contributed by atoms with Gasteiger partial charge in [-0.2, -0.15) is 4.57 Å². The van der Waals surface area contributed by atoms with Crippen LogP contribution in [0.4, 0.5) is 15.6 Å². The van der Waals surface area contributed by atoms with E-state index in [-0.39, 0.29) is 23.1 Å². The highest BCUT2D eigenvalue weighted by molar-refractivity contribution is 8.00. The van der Waals surface area contributed by atoms with Crippen molar-refractivity contribution in [2.24, 2.45) is 10.9 Å². The van der Waals surface area contributed by atoms with Gasteiger partial charge in [-0.05, 0) is 17.7 Å². The van der Waals surface area contributed by atoms with E-state index in [0.717, 1.165) is 11.3 Å². The molecule has 2 aliphatic rings. The van der Waals surface area contributed by atoms with Gasteiger partial charge in [0.05, 0.1) is 0 Å². The summed E-state index contributed by atoms with van der Waals surface area (Å²) in [4.78, 5) is 54.1. The minimum Gasteiger partial charge on any atom is -0.410 e. The summed E-state index contributed by atoms with van der Waals surface area (Å²) >= 11 is 8.24. The van der Waals surface area contributed by atoms with Crippen LogP contribution in [-0.2, 0) is 20.9 Å². The van der Waals surface area contributed by atoms with Crippen LogP contribution in [0.25, 0.3) is 0 Å². The highest BCUT2D eigenvalue weighted by Gasteiger charge is 2.54. The lowest BCUT2D eigenvalue weighted by Crippen LogP contribution is -2.71. The van der Waals surface area contributed by atoms with Gasteiger partial charge in [0.25, 0.3) is 17.1 Å². The number of aromatic nitrogens is 2. The number of amides is 4. The van der Waals surface area contributed by atoms with Crippen molar-refractivity contribution in [2.75, 3.05) is 16.8 Å². The van der Waals surface area contributed by atoms with Crippen LogP contribution in [0.3, 0.4) is 0 Å². The van der Waals surface area contributed by atoms with Gasteiger partial charge in [-0.25, -0.2) is 9.78 Å². The van der Waals surface area contributed by atoms with Gasteiger partial charge in [-0.1, -0.05) is 5.16 Å². The fraction of sp³-hybridized carbons (Fsp3) is 0.211. The molecule has 0 saturated carbocycles. The minimum absolute atomic E-state index is 0.0370. The minimum atomic E-state index is -0.969. The lowest BCUT2D eigenvalue weighted by atomic mass is 10.0. The maximum Gasteiger partial charge on any atom is 0.316 e. The number of β-lactam (4-membered cyclic amide) rings is 1. The van der Waals surface area contributed by atoms with E-state index in [0.29, 0.717) is 17.0 Å². The lowest BCUT2D eigenvalue weighted by molar-refractivity contribution is -0.688. The summed E-state index contributed by atoms with van der Waals surface area (Å²) < 4.78 is 1.70. The number of nitrogens with zero attached hydrogens (tertiary/aromatic N) is 4. The van der Waals surface area contributed by atoms with Crippen molar-refractivity contribution in [1.82, 2.24) is 15.2 Å². The van der Waals surface area contributed by atoms with Crippen molar-refractivity contribution in [3.05, 3.63) is 46.9 Å². The van der Waals surface area contributed by atoms with Crippen molar-refractivity contribution in [3.63, 3.8) is 0 Å². The Hall–Kier alpha value is -3.69. The second-order valence-electron chi connectivity index (χ2n) is 7.36. The van der Waals surface area contributed by atoms with Crippen LogP contribution in [0.2, 0.25) is 0 Å². The van der Waals surface area contributed by atoms with Crippen LogP contribution >= 0.6 is 34.7 Å². The standard InChI is InChI=1S/C19H17ClN8O5S2/c20-14(29)13-8(4-27-3-1-2-9(5-27)23-18(21)32)6-34-17-12(16(31)28(13)17)25-15(30)11(26-33)10-7-35-19(22)24-10/h1-3,5,7,12,17H,4,6H2,(H6-,21,22,23,24,25,30,32,33)/p+1/t12-,17+/m1/s1. The molecule has 0 bridgehead atoms. The Morgan fingerprint density at radius 2 is 2.17 bits per heavy atom. The molecule has 0 aromatic carbocycles. The second kappa shape index (κ2) is 9.89. The number of carbonyl (C=O) groups is 4. The van der Waals surface area contributed by atoms with Gasteiger partial charge in [0, 0.05) is 22.8 Å². The summed E-state index contributed by atoms with van der Waals surface area (Å²) in [5.74, 6) is -1.01. The molecule has 2 aliphatic heterocycles. The van der Waals surface area contributed by atoms with Crippen LogP contribution in [0.1, 0.15) is 5.69 Å². The first-order valence-corrected chi connectivity index (χ1v) is 12.2.